The van der Waals surface area contributed by atoms with Crippen LogP contribution in [0.15, 0.2) is 30.6 Å². The summed E-state index contributed by atoms with van der Waals surface area (Å²) in [5.41, 5.74) is 1.66. The Morgan fingerprint density at radius 3 is 2.86 bits per heavy atom. The van der Waals surface area contributed by atoms with Crippen LogP contribution in [-0.4, -0.2) is 58.3 Å². The molecule has 1 fully saturated rings. The minimum absolute atomic E-state index is 0.169. The minimum atomic E-state index is -0.954. The monoisotopic (exact) mass is 402 g/mol. The van der Waals surface area contributed by atoms with Gasteiger partial charge in [0.25, 0.3) is 5.91 Å². The fraction of sp³-hybridized carbons (Fsp3) is 0.333. The fourth-order valence-electron chi connectivity index (χ4n) is 3.50. The normalized spacial score (nSPS) is 20.1. The SMILES string of the molecule is COC(=O)C1c2sc(C(=O)NCCc3ccncc3)cc2[C@H]2CN1C(=O)N2O. The van der Waals surface area contributed by atoms with Crippen LogP contribution in [0.5, 0.6) is 0 Å². The van der Waals surface area contributed by atoms with Gasteiger partial charge in [-0.1, -0.05) is 0 Å². The molecule has 2 aliphatic heterocycles. The number of carbonyl (C=O) groups excluding carboxylic acids is 3. The number of hydrogen-bond donors (Lipinski definition) is 2. The van der Waals surface area contributed by atoms with Gasteiger partial charge in [-0.25, -0.2) is 9.59 Å². The molecule has 9 nitrogen and oxygen atoms in total. The van der Waals surface area contributed by atoms with Crippen molar-refractivity contribution < 1.29 is 24.3 Å². The molecule has 1 unspecified atom stereocenters. The molecule has 3 amide bonds. The van der Waals surface area contributed by atoms with E-state index in [9.17, 15) is 19.6 Å². The zero-order chi connectivity index (χ0) is 19.8. The first-order chi connectivity index (χ1) is 13.5. The zero-order valence-electron chi connectivity index (χ0n) is 15.0. The third-order valence-corrected chi connectivity index (χ3v) is 6.12. The lowest BCUT2D eigenvalue weighted by Crippen LogP contribution is -2.38. The summed E-state index contributed by atoms with van der Waals surface area (Å²) in [7, 11) is 1.24. The van der Waals surface area contributed by atoms with E-state index in [1.807, 2.05) is 12.1 Å². The number of nitrogens with one attached hydrogen (secondary N) is 1. The smallest absolute Gasteiger partial charge is 0.345 e. The van der Waals surface area contributed by atoms with Gasteiger partial charge in [-0.15, -0.1) is 11.3 Å². The van der Waals surface area contributed by atoms with Crippen molar-refractivity contribution in [3.05, 3.63) is 51.5 Å². The van der Waals surface area contributed by atoms with E-state index in [1.54, 1.807) is 18.5 Å². The summed E-state index contributed by atoms with van der Waals surface area (Å²) in [4.78, 5) is 43.2. The number of urea groups is 1. The van der Waals surface area contributed by atoms with Gasteiger partial charge >= 0.3 is 12.0 Å². The second-order valence-corrected chi connectivity index (χ2v) is 7.60. The zero-order valence-corrected chi connectivity index (χ0v) is 15.8. The molecule has 0 aliphatic carbocycles. The van der Waals surface area contributed by atoms with Gasteiger partial charge in [0.05, 0.1) is 18.5 Å². The van der Waals surface area contributed by atoms with E-state index in [1.165, 1.54) is 12.0 Å². The topological polar surface area (TPSA) is 112 Å². The second-order valence-electron chi connectivity index (χ2n) is 6.51. The van der Waals surface area contributed by atoms with E-state index in [0.29, 0.717) is 33.3 Å². The molecule has 2 bridgehead atoms. The van der Waals surface area contributed by atoms with E-state index >= 15 is 0 Å². The molecule has 146 valence electrons. The number of esters is 1. The van der Waals surface area contributed by atoms with Crippen molar-refractivity contribution in [3.63, 3.8) is 0 Å². The molecule has 2 aromatic rings. The summed E-state index contributed by atoms with van der Waals surface area (Å²) in [6.45, 7) is 0.619. The Morgan fingerprint density at radius 1 is 1.39 bits per heavy atom. The molecule has 0 spiro atoms. The quantitative estimate of drug-likeness (QED) is 0.579. The second kappa shape index (κ2) is 7.21. The molecule has 0 aromatic carbocycles. The third kappa shape index (κ3) is 3.00. The Labute approximate surface area is 164 Å². The number of amides is 3. The van der Waals surface area contributed by atoms with E-state index < -0.39 is 24.1 Å². The molecule has 28 heavy (non-hydrogen) atoms. The summed E-state index contributed by atoms with van der Waals surface area (Å²) in [6.07, 6.45) is 4.06. The Balaban J connectivity index is 1.54. The maximum absolute atomic E-state index is 12.6. The van der Waals surface area contributed by atoms with Gasteiger partial charge in [-0.3, -0.25) is 15.0 Å². The maximum Gasteiger partial charge on any atom is 0.345 e. The van der Waals surface area contributed by atoms with Crippen LogP contribution in [0.4, 0.5) is 4.79 Å². The summed E-state index contributed by atoms with van der Waals surface area (Å²) >= 11 is 1.14. The van der Waals surface area contributed by atoms with Crippen molar-refractivity contribution in [2.45, 2.75) is 18.5 Å². The van der Waals surface area contributed by atoms with Crippen molar-refractivity contribution in [1.82, 2.24) is 20.3 Å². The van der Waals surface area contributed by atoms with Gasteiger partial charge in [0.1, 0.15) is 6.04 Å². The molecule has 0 radical (unpaired) electrons. The number of pyridine rings is 1. The standard InChI is InChI=1S/C18H18N4O5S/c1-27-17(24)14-15-11(12-9-21(14)18(25)22(12)26)8-13(28-15)16(23)20-7-4-10-2-5-19-6-3-10/h2-3,5-6,8,12,14,26H,4,7,9H2,1H3,(H,20,23)/t12-,14?/m1/s1. The van der Waals surface area contributed by atoms with Crippen LogP contribution in [0.1, 0.15) is 37.8 Å². The highest BCUT2D eigenvalue weighted by atomic mass is 32.1. The number of methoxy groups -OCH3 is 1. The van der Waals surface area contributed by atoms with Crippen LogP contribution < -0.4 is 5.32 Å². The lowest BCUT2D eigenvalue weighted by atomic mass is 9.99. The number of nitrogens with zero attached hydrogens (tertiary/aromatic N) is 3. The van der Waals surface area contributed by atoms with Crippen LogP contribution in [0, 0.1) is 0 Å². The first kappa shape index (κ1) is 18.4. The van der Waals surface area contributed by atoms with Crippen molar-refractivity contribution in [2.24, 2.45) is 0 Å². The highest BCUT2D eigenvalue weighted by molar-refractivity contribution is 7.14. The number of hydrogen-bond acceptors (Lipinski definition) is 7. The van der Waals surface area contributed by atoms with Crippen LogP contribution in [0.3, 0.4) is 0 Å². The maximum atomic E-state index is 12.6. The van der Waals surface area contributed by atoms with E-state index in [4.69, 9.17) is 4.74 Å². The fourth-order valence-corrected chi connectivity index (χ4v) is 4.74. The summed E-state index contributed by atoms with van der Waals surface area (Å²) < 4.78 is 4.83. The first-order valence-corrected chi connectivity index (χ1v) is 9.50. The third-order valence-electron chi connectivity index (χ3n) is 4.91. The molecule has 2 aromatic heterocycles. The van der Waals surface area contributed by atoms with Crippen molar-refractivity contribution >= 4 is 29.2 Å². The average Bonchev–Trinajstić information content (AvgIpc) is 3.26. The van der Waals surface area contributed by atoms with Gasteiger partial charge < -0.3 is 15.0 Å². The predicted octanol–water partition coefficient (Wildman–Crippen LogP) is 1.51. The summed E-state index contributed by atoms with van der Waals surface area (Å²) in [5, 5.41) is 13.6. The molecular weight excluding hydrogens is 384 g/mol. The Bertz CT molecular complexity index is 931. The highest BCUT2D eigenvalue weighted by Gasteiger charge is 2.51. The predicted molar refractivity (Wildman–Crippen MR) is 97.8 cm³/mol. The van der Waals surface area contributed by atoms with Crippen LogP contribution in [0.2, 0.25) is 0 Å². The molecule has 1 saturated heterocycles. The van der Waals surface area contributed by atoms with Gasteiger partial charge in [0.15, 0.2) is 6.04 Å². The first-order valence-electron chi connectivity index (χ1n) is 8.68. The molecule has 10 heteroatoms. The van der Waals surface area contributed by atoms with Crippen LogP contribution in [-0.2, 0) is 16.0 Å². The number of fused-ring (bicyclic) bond motifs is 4. The van der Waals surface area contributed by atoms with Gasteiger partial charge in [-0.2, -0.15) is 5.06 Å². The summed E-state index contributed by atoms with van der Waals surface area (Å²) in [6, 6.07) is 3.21. The van der Waals surface area contributed by atoms with Gasteiger partial charge in [0.2, 0.25) is 0 Å². The molecule has 4 heterocycles. The lowest BCUT2D eigenvalue weighted by molar-refractivity contribution is -0.146. The number of rotatable bonds is 5. The van der Waals surface area contributed by atoms with Gasteiger partial charge in [0, 0.05) is 23.8 Å². The molecule has 4 rings (SSSR count). The number of thiophene rings is 1. The van der Waals surface area contributed by atoms with Gasteiger partial charge in [-0.05, 0) is 35.7 Å². The lowest BCUT2D eigenvalue weighted by Gasteiger charge is -2.28. The van der Waals surface area contributed by atoms with E-state index in [0.717, 1.165) is 16.9 Å². The molecule has 0 saturated carbocycles. The molecular formula is C18H18N4O5S. The number of carbonyl (C=O) groups is 3. The van der Waals surface area contributed by atoms with Crippen LogP contribution >= 0.6 is 11.3 Å². The summed E-state index contributed by atoms with van der Waals surface area (Å²) in [5.74, 6) is -0.867. The minimum Gasteiger partial charge on any atom is -0.467 e. The van der Waals surface area contributed by atoms with Crippen LogP contribution in [0.25, 0.3) is 0 Å². The largest absolute Gasteiger partial charge is 0.467 e. The van der Waals surface area contributed by atoms with E-state index in [-0.39, 0.29) is 12.5 Å². The highest BCUT2D eigenvalue weighted by Crippen LogP contribution is 2.47. The molecule has 2 atom stereocenters. The number of ether oxygens (including phenoxy) is 1. The average molecular weight is 402 g/mol. The van der Waals surface area contributed by atoms with Crippen molar-refractivity contribution in [3.8, 4) is 0 Å². The Hall–Kier alpha value is -2.98. The Kier molecular flexibility index (Phi) is 4.73. The van der Waals surface area contributed by atoms with E-state index in [2.05, 4.69) is 10.3 Å². The molecule has 2 N–H and O–H groups in total. The van der Waals surface area contributed by atoms with Crippen molar-refractivity contribution in [1.29, 1.82) is 0 Å². The van der Waals surface area contributed by atoms with Crippen molar-refractivity contribution in [2.75, 3.05) is 20.2 Å². The number of hydroxylamine groups is 2. The Morgan fingerprint density at radius 2 is 2.14 bits per heavy atom. The number of aromatic nitrogens is 1. The molecule has 2 aliphatic rings.